The van der Waals surface area contributed by atoms with Crippen molar-refractivity contribution in [3.05, 3.63) is 46.5 Å². The Bertz CT molecular complexity index is 641. The van der Waals surface area contributed by atoms with Gasteiger partial charge in [-0.05, 0) is 32.3 Å². The minimum atomic E-state index is -1.02. The van der Waals surface area contributed by atoms with Crippen LogP contribution >= 0.6 is 0 Å². The summed E-state index contributed by atoms with van der Waals surface area (Å²) in [5, 5.41) is 13.3. The van der Waals surface area contributed by atoms with E-state index in [-0.39, 0.29) is 17.3 Å². The van der Waals surface area contributed by atoms with Gasteiger partial charge in [0.2, 0.25) is 0 Å². The molecule has 1 aromatic carbocycles. The van der Waals surface area contributed by atoms with Gasteiger partial charge in [-0.3, -0.25) is 19.7 Å². The maximum Gasteiger partial charge on any atom is 0.310 e. The monoisotopic (exact) mass is 318 g/mol. The van der Waals surface area contributed by atoms with Crippen LogP contribution in [0.2, 0.25) is 0 Å². The molecule has 7 nitrogen and oxygen atoms in total. The number of hydrogen-bond acceptors (Lipinski definition) is 5. The number of rotatable bonds is 5. The van der Waals surface area contributed by atoms with Crippen LogP contribution in [0, 0.1) is 16.0 Å². The number of carbonyl (C=O) groups is 2. The molecule has 1 aromatic rings. The van der Waals surface area contributed by atoms with E-state index in [1.54, 1.807) is 6.07 Å². The fourth-order valence-corrected chi connectivity index (χ4v) is 2.30. The number of hydrogen-bond donors (Lipinski definition) is 1. The second-order valence-corrected chi connectivity index (χ2v) is 5.32. The first-order valence-corrected chi connectivity index (χ1v) is 7.39. The number of allylic oxidation sites excluding steroid dienone is 2. The van der Waals surface area contributed by atoms with Gasteiger partial charge < -0.3 is 10.1 Å². The number of nitro groups is 1. The first kappa shape index (κ1) is 16.7. The SMILES string of the molecule is C[C@H](OC(=O)[C@H]1CC=CCC1)C(=O)Nc1ccccc1[N+](=O)[O-]. The minimum Gasteiger partial charge on any atom is -0.452 e. The number of benzene rings is 1. The molecule has 0 saturated carbocycles. The van der Waals surface area contributed by atoms with Crippen LogP contribution in [0.15, 0.2) is 36.4 Å². The third kappa shape index (κ3) is 4.38. The van der Waals surface area contributed by atoms with E-state index in [2.05, 4.69) is 5.32 Å². The normalized spacial score (nSPS) is 18.0. The van der Waals surface area contributed by atoms with Gasteiger partial charge in [0, 0.05) is 6.07 Å². The summed E-state index contributed by atoms with van der Waals surface area (Å²) in [5.74, 6) is -1.25. The van der Waals surface area contributed by atoms with Crippen molar-refractivity contribution >= 4 is 23.3 Å². The number of nitrogens with zero attached hydrogens (tertiary/aromatic N) is 1. The molecular weight excluding hydrogens is 300 g/mol. The van der Waals surface area contributed by atoms with Crippen molar-refractivity contribution in [3.8, 4) is 0 Å². The van der Waals surface area contributed by atoms with Crippen LogP contribution in [0.4, 0.5) is 11.4 Å². The highest BCUT2D eigenvalue weighted by Gasteiger charge is 2.26. The lowest BCUT2D eigenvalue weighted by atomic mass is 9.95. The molecule has 0 unspecified atom stereocenters. The molecule has 1 amide bonds. The molecule has 0 heterocycles. The van der Waals surface area contributed by atoms with E-state index in [1.807, 2.05) is 12.2 Å². The molecule has 122 valence electrons. The van der Waals surface area contributed by atoms with Crippen LogP contribution in [-0.2, 0) is 14.3 Å². The summed E-state index contributed by atoms with van der Waals surface area (Å²) in [6.07, 6.45) is 5.04. The summed E-state index contributed by atoms with van der Waals surface area (Å²) in [6, 6.07) is 5.80. The number of ether oxygens (including phenoxy) is 1. The number of carbonyl (C=O) groups excluding carboxylic acids is 2. The second kappa shape index (κ2) is 7.53. The van der Waals surface area contributed by atoms with E-state index >= 15 is 0 Å². The minimum absolute atomic E-state index is 0.0750. The Morgan fingerprint density at radius 2 is 2.09 bits per heavy atom. The standard InChI is InChI=1S/C16H18N2O5/c1-11(23-16(20)12-7-3-2-4-8-12)15(19)17-13-9-5-6-10-14(13)18(21)22/h2-3,5-6,9-12H,4,7-8H2,1H3,(H,17,19)/t11-,12-/m0/s1. The lowest BCUT2D eigenvalue weighted by Crippen LogP contribution is -2.32. The summed E-state index contributed by atoms with van der Waals surface area (Å²) in [7, 11) is 0. The smallest absolute Gasteiger partial charge is 0.310 e. The highest BCUT2D eigenvalue weighted by atomic mass is 16.6. The maximum absolute atomic E-state index is 12.1. The molecule has 1 aliphatic carbocycles. The van der Waals surface area contributed by atoms with Crippen molar-refractivity contribution in [1.29, 1.82) is 0 Å². The van der Waals surface area contributed by atoms with Gasteiger partial charge in [-0.15, -0.1) is 0 Å². The molecule has 0 aliphatic heterocycles. The van der Waals surface area contributed by atoms with Gasteiger partial charge >= 0.3 is 5.97 Å². The van der Waals surface area contributed by atoms with Crippen molar-refractivity contribution < 1.29 is 19.2 Å². The van der Waals surface area contributed by atoms with Crippen molar-refractivity contribution in [1.82, 2.24) is 0 Å². The summed E-state index contributed by atoms with van der Waals surface area (Å²) in [5.41, 5.74) is -0.136. The summed E-state index contributed by atoms with van der Waals surface area (Å²) < 4.78 is 5.17. The van der Waals surface area contributed by atoms with Crippen molar-refractivity contribution in [2.75, 3.05) is 5.32 Å². The van der Waals surface area contributed by atoms with E-state index < -0.39 is 22.9 Å². The van der Waals surface area contributed by atoms with Gasteiger partial charge in [-0.1, -0.05) is 24.3 Å². The van der Waals surface area contributed by atoms with E-state index in [0.29, 0.717) is 12.8 Å². The predicted molar refractivity (Wildman–Crippen MR) is 83.8 cm³/mol. The summed E-state index contributed by atoms with van der Waals surface area (Å²) >= 11 is 0. The Morgan fingerprint density at radius 1 is 1.35 bits per heavy atom. The van der Waals surface area contributed by atoms with Gasteiger partial charge in [0.1, 0.15) is 5.69 Å². The summed E-state index contributed by atoms with van der Waals surface area (Å²) in [6.45, 7) is 1.45. The van der Waals surface area contributed by atoms with E-state index in [9.17, 15) is 19.7 Å². The number of nitro benzene ring substituents is 1. The van der Waals surface area contributed by atoms with Crippen LogP contribution in [0.1, 0.15) is 26.2 Å². The molecule has 2 rings (SSSR count). The Labute approximate surface area is 133 Å². The fraction of sp³-hybridized carbons (Fsp3) is 0.375. The molecule has 2 atom stereocenters. The Balaban J connectivity index is 1.96. The van der Waals surface area contributed by atoms with Gasteiger partial charge in [0.25, 0.3) is 11.6 Å². The van der Waals surface area contributed by atoms with E-state index in [0.717, 1.165) is 6.42 Å². The molecule has 0 spiro atoms. The van der Waals surface area contributed by atoms with Gasteiger partial charge in [0.05, 0.1) is 10.8 Å². The first-order valence-electron chi connectivity index (χ1n) is 7.39. The number of para-hydroxylation sites is 2. The predicted octanol–water partition coefficient (Wildman–Crippen LogP) is 2.82. The van der Waals surface area contributed by atoms with Crippen LogP contribution in [0.3, 0.4) is 0 Å². The molecule has 0 aromatic heterocycles. The zero-order chi connectivity index (χ0) is 16.8. The van der Waals surface area contributed by atoms with Crippen LogP contribution in [0.25, 0.3) is 0 Å². The van der Waals surface area contributed by atoms with Gasteiger partial charge in [-0.25, -0.2) is 0 Å². The molecule has 0 saturated heterocycles. The van der Waals surface area contributed by atoms with Crippen molar-refractivity contribution in [2.24, 2.45) is 5.92 Å². The molecular formula is C16H18N2O5. The van der Waals surface area contributed by atoms with Gasteiger partial charge in [0.15, 0.2) is 6.10 Å². The Morgan fingerprint density at radius 3 is 2.74 bits per heavy atom. The highest BCUT2D eigenvalue weighted by molar-refractivity contribution is 5.96. The van der Waals surface area contributed by atoms with Crippen LogP contribution in [0.5, 0.6) is 0 Å². The molecule has 0 fully saturated rings. The maximum atomic E-state index is 12.1. The molecule has 7 heteroatoms. The second-order valence-electron chi connectivity index (χ2n) is 5.32. The van der Waals surface area contributed by atoms with Crippen molar-refractivity contribution in [3.63, 3.8) is 0 Å². The molecule has 23 heavy (non-hydrogen) atoms. The molecule has 0 bridgehead atoms. The van der Waals surface area contributed by atoms with Crippen molar-refractivity contribution in [2.45, 2.75) is 32.3 Å². The number of nitrogens with one attached hydrogen (secondary N) is 1. The zero-order valence-corrected chi connectivity index (χ0v) is 12.7. The lowest BCUT2D eigenvalue weighted by molar-refractivity contribution is -0.383. The molecule has 1 N–H and O–H groups in total. The van der Waals surface area contributed by atoms with Gasteiger partial charge in [-0.2, -0.15) is 0 Å². The third-order valence-corrected chi connectivity index (χ3v) is 3.62. The van der Waals surface area contributed by atoms with E-state index in [1.165, 1.54) is 25.1 Å². The number of esters is 1. The topological polar surface area (TPSA) is 98.5 Å². The van der Waals surface area contributed by atoms with Crippen LogP contribution < -0.4 is 5.32 Å². The Hall–Kier alpha value is -2.70. The lowest BCUT2D eigenvalue weighted by Gasteiger charge is -2.19. The Kier molecular flexibility index (Phi) is 5.46. The molecule has 0 radical (unpaired) electrons. The van der Waals surface area contributed by atoms with Crippen LogP contribution in [-0.4, -0.2) is 22.9 Å². The average Bonchev–Trinajstić information content (AvgIpc) is 2.55. The first-order chi connectivity index (χ1) is 11.0. The zero-order valence-electron chi connectivity index (χ0n) is 12.7. The highest BCUT2D eigenvalue weighted by Crippen LogP contribution is 2.24. The largest absolute Gasteiger partial charge is 0.452 e. The average molecular weight is 318 g/mol. The third-order valence-electron chi connectivity index (χ3n) is 3.62. The number of anilines is 1. The number of amides is 1. The fourth-order valence-electron chi connectivity index (χ4n) is 2.30. The molecule has 1 aliphatic rings. The quantitative estimate of drug-likeness (QED) is 0.389. The summed E-state index contributed by atoms with van der Waals surface area (Å²) in [4.78, 5) is 34.4. The van der Waals surface area contributed by atoms with E-state index in [4.69, 9.17) is 4.74 Å².